The molecule has 4 aliphatic rings. The van der Waals surface area contributed by atoms with Crippen LogP contribution in [0.3, 0.4) is 0 Å². The third-order valence-electron chi connectivity index (χ3n) is 9.96. The number of fused-ring (bicyclic) bond motifs is 2. The molecule has 2 fully saturated rings. The second kappa shape index (κ2) is 15.8. The summed E-state index contributed by atoms with van der Waals surface area (Å²) in [6.45, 7) is 6.75. The first kappa shape index (κ1) is 35.8. The van der Waals surface area contributed by atoms with Crippen LogP contribution in [0.25, 0.3) is 0 Å². The van der Waals surface area contributed by atoms with Crippen LogP contribution in [0.1, 0.15) is 71.0 Å². The van der Waals surface area contributed by atoms with Gasteiger partial charge in [-0.3, -0.25) is 19.2 Å². The normalized spacial score (nSPS) is 32.0. The molecule has 3 amide bonds. The number of likely N-dealkylation sites (tertiary alicyclic amines) is 1. The molecule has 0 bridgehead atoms. The van der Waals surface area contributed by atoms with E-state index in [9.17, 15) is 24.3 Å². The van der Waals surface area contributed by atoms with E-state index in [1.165, 1.54) is 12.0 Å². The van der Waals surface area contributed by atoms with Gasteiger partial charge >= 0.3 is 5.97 Å². The lowest BCUT2D eigenvalue weighted by atomic mass is 9.77. The molecule has 0 aromatic heterocycles. The predicted molar refractivity (Wildman–Crippen MR) is 178 cm³/mol. The molecule has 1 aromatic rings. The summed E-state index contributed by atoms with van der Waals surface area (Å²) < 4.78 is 18.6. The molecule has 0 saturated carbocycles. The minimum absolute atomic E-state index is 0.0830. The third kappa shape index (κ3) is 7.09. The number of unbranched alkanes of at least 4 members (excludes halogenated alkanes) is 2. The number of carbonyl (C=O) groups is 4. The lowest BCUT2D eigenvalue weighted by Crippen LogP contribution is -2.58. The number of nitrogens with zero attached hydrogens (tertiary/aromatic N) is 2. The molecule has 4 heterocycles. The maximum atomic E-state index is 14.8. The van der Waals surface area contributed by atoms with Crippen molar-refractivity contribution >= 4 is 23.7 Å². The summed E-state index contributed by atoms with van der Waals surface area (Å²) in [5, 5.41) is 13.6. The minimum atomic E-state index is -1.46. The van der Waals surface area contributed by atoms with Gasteiger partial charge in [-0.05, 0) is 30.7 Å². The van der Waals surface area contributed by atoms with E-state index < -0.39 is 59.6 Å². The summed E-state index contributed by atoms with van der Waals surface area (Å²) in [7, 11) is 1.51. The van der Waals surface area contributed by atoms with Crippen LogP contribution in [0.4, 0.5) is 0 Å². The standard InChI is InChI=1S/C37H51N3O8/c1-5-6-12-19-39-20-13-18-37-31(34(43)40(33(37)35(39)44)26(22-41)21-24(2)3)30-28(48-37)16-10-11-17-29(42)38-27(23-46-4)32(47-36(30)45)25-14-8-7-9-15-25/h7-10,13-16,18,24,26-28,30-33,41H,5-6,11-12,17,19-23H2,1-4H3,(H,38,42)/b16-10-/t26-,27+,28+,30-,31-,32+,33+,37-/m1/s1. The van der Waals surface area contributed by atoms with Gasteiger partial charge in [0.1, 0.15) is 23.7 Å². The van der Waals surface area contributed by atoms with Crippen molar-refractivity contribution in [2.24, 2.45) is 17.8 Å². The first-order chi connectivity index (χ1) is 23.2. The van der Waals surface area contributed by atoms with Crippen LogP contribution < -0.4 is 5.32 Å². The number of hydrogen-bond donors (Lipinski definition) is 2. The van der Waals surface area contributed by atoms with Crippen molar-refractivity contribution in [2.75, 3.05) is 33.4 Å². The highest BCUT2D eigenvalue weighted by atomic mass is 16.6. The summed E-state index contributed by atoms with van der Waals surface area (Å²) >= 11 is 0. The molecular weight excluding hydrogens is 614 g/mol. The van der Waals surface area contributed by atoms with Crippen molar-refractivity contribution in [2.45, 2.75) is 95.2 Å². The van der Waals surface area contributed by atoms with Gasteiger partial charge in [0.05, 0.1) is 37.3 Å². The van der Waals surface area contributed by atoms with Crippen LogP contribution in [-0.4, -0.2) is 102 Å². The fraction of sp³-hybridized carbons (Fsp3) is 0.622. The van der Waals surface area contributed by atoms with Crippen molar-refractivity contribution in [3.8, 4) is 0 Å². The fourth-order valence-electron chi connectivity index (χ4n) is 7.84. The van der Waals surface area contributed by atoms with E-state index in [0.717, 1.165) is 19.3 Å². The largest absolute Gasteiger partial charge is 0.455 e. The number of methoxy groups -OCH3 is 1. The Morgan fingerprint density at radius 2 is 1.85 bits per heavy atom. The van der Waals surface area contributed by atoms with Crippen molar-refractivity contribution < 1.29 is 38.5 Å². The highest BCUT2D eigenvalue weighted by molar-refractivity contribution is 5.99. The Labute approximate surface area is 283 Å². The summed E-state index contributed by atoms with van der Waals surface area (Å²) in [6.07, 6.45) is 9.20. The monoisotopic (exact) mass is 665 g/mol. The van der Waals surface area contributed by atoms with E-state index in [-0.39, 0.29) is 37.4 Å². The van der Waals surface area contributed by atoms with Gasteiger partial charge in [-0.1, -0.05) is 88.2 Å². The Balaban J connectivity index is 1.61. The molecule has 0 unspecified atom stereocenters. The Hall–Kier alpha value is -3.54. The van der Waals surface area contributed by atoms with Crippen LogP contribution in [0.2, 0.25) is 0 Å². The predicted octanol–water partition coefficient (Wildman–Crippen LogP) is 3.33. The number of rotatable bonds is 11. The highest BCUT2D eigenvalue weighted by Gasteiger charge is 2.72. The maximum absolute atomic E-state index is 14.8. The van der Waals surface area contributed by atoms with Crippen LogP contribution in [0.15, 0.2) is 54.6 Å². The zero-order chi connectivity index (χ0) is 34.4. The molecule has 1 spiro atoms. The van der Waals surface area contributed by atoms with Crippen LogP contribution >= 0.6 is 0 Å². The first-order valence-electron chi connectivity index (χ1n) is 17.4. The quantitative estimate of drug-likeness (QED) is 0.209. The molecule has 8 atom stereocenters. The number of carbonyl (C=O) groups excluding carboxylic acids is 4. The van der Waals surface area contributed by atoms with Crippen molar-refractivity contribution in [1.29, 1.82) is 0 Å². The number of aliphatic hydroxyl groups excluding tert-OH is 1. The van der Waals surface area contributed by atoms with Crippen LogP contribution in [0, 0.1) is 17.8 Å². The summed E-state index contributed by atoms with van der Waals surface area (Å²) in [5.41, 5.74) is -0.799. The average molecular weight is 666 g/mol. The van der Waals surface area contributed by atoms with E-state index in [1.807, 2.05) is 50.3 Å². The molecule has 0 radical (unpaired) electrons. The number of ether oxygens (including phenoxy) is 3. The molecule has 262 valence electrons. The second-order valence-corrected chi connectivity index (χ2v) is 13.8. The van der Waals surface area contributed by atoms with Gasteiger partial charge in [-0.2, -0.15) is 0 Å². The van der Waals surface area contributed by atoms with E-state index in [2.05, 4.69) is 12.2 Å². The van der Waals surface area contributed by atoms with Crippen molar-refractivity contribution in [3.63, 3.8) is 0 Å². The van der Waals surface area contributed by atoms with E-state index in [0.29, 0.717) is 31.5 Å². The number of amides is 3. The summed E-state index contributed by atoms with van der Waals surface area (Å²) in [5.74, 6) is -3.57. The van der Waals surface area contributed by atoms with Crippen molar-refractivity contribution in [3.05, 3.63) is 60.2 Å². The van der Waals surface area contributed by atoms with Gasteiger partial charge < -0.3 is 34.4 Å². The second-order valence-electron chi connectivity index (χ2n) is 13.8. The number of nitrogens with one attached hydrogen (secondary N) is 1. The molecule has 4 aliphatic heterocycles. The Morgan fingerprint density at radius 3 is 2.54 bits per heavy atom. The SMILES string of the molecule is CCCCCN1CC=C[C@@]23O[C@H]4/C=C\CCC(=O)N[C@@H](COC)[C@H](c5ccccc5)OC(=O)[C@H]4[C@@H]2C(=O)N([C@@H](CO)CC(C)C)[C@H]3C1=O. The Kier molecular flexibility index (Phi) is 11.8. The molecule has 0 aliphatic carbocycles. The summed E-state index contributed by atoms with van der Waals surface area (Å²) in [4.78, 5) is 60.2. The number of hydrogen-bond acceptors (Lipinski definition) is 8. The maximum Gasteiger partial charge on any atom is 0.313 e. The van der Waals surface area contributed by atoms with Crippen LogP contribution in [-0.2, 0) is 33.4 Å². The molecule has 1 aromatic carbocycles. The topological polar surface area (TPSA) is 135 Å². The molecule has 48 heavy (non-hydrogen) atoms. The molecule has 2 saturated heterocycles. The molecule has 2 N–H and O–H groups in total. The lowest BCUT2D eigenvalue weighted by Gasteiger charge is -2.39. The van der Waals surface area contributed by atoms with Gasteiger partial charge in [-0.15, -0.1) is 0 Å². The van der Waals surface area contributed by atoms with Gasteiger partial charge in [0, 0.05) is 26.6 Å². The third-order valence-corrected chi connectivity index (χ3v) is 9.96. The summed E-state index contributed by atoms with van der Waals surface area (Å²) in [6, 6.07) is 6.73. The van der Waals surface area contributed by atoms with Gasteiger partial charge in [0.15, 0.2) is 0 Å². The van der Waals surface area contributed by atoms with Crippen molar-refractivity contribution in [1.82, 2.24) is 15.1 Å². The number of esters is 1. The Bertz CT molecular complexity index is 1370. The number of benzene rings is 1. The molecule has 5 rings (SSSR count). The van der Waals surface area contributed by atoms with Crippen LogP contribution in [0.5, 0.6) is 0 Å². The zero-order valence-corrected chi connectivity index (χ0v) is 28.6. The number of allylic oxidation sites excluding steroid dienone is 1. The minimum Gasteiger partial charge on any atom is -0.455 e. The smallest absolute Gasteiger partial charge is 0.313 e. The highest BCUT2D eigenvalue weighted by Crippen LogP contribution is 2.54. The van der Waals surface area contributed by atoms with E-state index >= 15 is 0 Å². The molecule has 11 heteroatoms. The average Bonchev–Trinajstić information content (AvgIpc) is 3.46. The van der Waals surface area contributed by atoms with Gasteiger partial charge in [-0.25, -0.2) is 0 Å². The Morgan fingerprint density at radius 1 is 1.08 bits per heavy atom. The first-order valence-corrected chi connectivity index (χ1v) is 17.4. The van der Waals surface area contributed by atoms with Gasteiger partial charge in [0.25, 0.3) is 0 Å². The lowest BCUT2D eigenvalue weighted by molar-refractivity contribution is -0.163. The van der Waals surface area contributed by atoms with Gasteiger partial charge in [0.2, 0.25) is 17.7 Å². The number of cyclic esters (lactones) is 1. The molecular formula is C37H51N3O8. The zero-order valence-electron chi connectivity index (χ0n) is 28.6. The van der Waals surface area contributed by atoms with E-state index in [4.69, 9.17) is 14.2 Å². The van der Waals surface area contributed by atoms with E-state index in [1.54, 1.807) is 23.1 Å². The molecule has 11 nitrogen and oxygen atoms in total. The number of aliphatic hydroxyl groups is 1. The fourth-order valence-corrected chi connectivity index (χ4v) is 7.84.